The lowest BCUT2D eigenvalue weighted by atomic mass is 9.93. The topological polar surface area (TPSA) is 9.23 Å². The van der Waals surface area contributed by atoms with Crippen molar-refractivity contribution >= 4 is 0 Å². The second-order valence-electron chi connectivity index (χ2n) is 7.57. The molecule has 20 heavy (non-hydrogen) atoms. The highest BCUT2D eigenvalue weighted by Crippen LogP contribution is 2.43. The van der Waals surface area contributed by atoms with Crippen LogP contribution in [0, 0.1) is 11.8 Å². The molecule has 1 heteroatoms. The largest absolute Gasteiger partial charge is 0.367 e. The normalized spacial score (nSPS) is 22.6. The van der Waals surface area contributed by atoms with E-state index in [2.05, 4.69) is 65.8 Å². The molecular formula is C19H30O. The van der Waals surface area contributed by atoms with E-state index in [1.54, 1.807) is 0 Å². The zero-order valence-corrected chi connectivity index (χ0v) is 13.9. The molecule has 1 aliphatic carbocycles. The molecule has 0 heterocycles. The second kappa shape index (κ2) is 5.89. The first-order valence-electron chi connectivity index (χ1n) is 8.08. The molecule has 112 valence electrons. The minimum Gasteiger partial charge on any atom is -0.367 e. The first-order chi connectivity index (χ1) is 9.29. The molecule has 2 atom stereocenters. The number of hydrogen-bond acceptors (Lipinski definition) is 1. The summed E-state index contributed by atoms with van der Waals surface area (Å²) in [5.41, 5.74) is 2.52. The monoisotopic (exact) mass is 274 g/mol. The van der Waals surface area contributed by atoms with Crippen molar-refractivity contribution in [1.82, 2.24) is 0 Å². The summed E-state index contributed by atoms with van der Waals surface area (Å²) in [4.78, 5) is 0. The van der Waals surface area contributed by atoms with Gasteiger partial charge in [-0.15, -0.1) is 0 Å². The average molecular weight is 274 g/mol. The summed E-state index contributed by atoms with van der Waals surface area (Å²) in [6, 6.07) is 8.88. The van der Waals surface area contributed by atoms with Crippen molar-refractivity contribution in [1.29, 1.82) is 0 Å². The SMILES string of the molecule is CC(C)CC1CC1OC(C)(C)c1cccc(C(C)C)c1. The van der Waals surface area contributed by atoms with Crippen LogP contribution < -0.4 is 0 Å². The highest BCUT2D eigenvalue weighted by atomic mass is 16.5. The number of benzene rings is 1. The third-order valence-electron chi connectivity index (χ3n) is 4.33. The van der Waals surface area contributed by atoms with Gasteiger partial charge in [0.1, 0.15) is 0 Å². The van der Waals surface area contributed by atoms with Gasteiger partial charge in [-0.05, 0) is 55.6 Å². The smallest absolute Gasteiger partial charge is 0.0879 e. The minimum absolute atomic E-state index is 0.179. The second-order valence-corrected chi connectivity index (χ2v) is 7.57. The van der Waals surface area contributed by atoms with Crippen molar-refractivity contribution < 1.29 is 4.74 Å². The summed E-state index contributed by atoms with van der Waals surface area (Å²) >= 11 is 0. The highest BCUT2D eigenvalue weighted by Gasteiger charge is 2.42. The molecule has 1 fully saturated rings. The molecule has 2 unspecified atom stereocenters. The van der Waals surface area contributed by atoms with Crippen molar-refractivity contribution in [2.24, 2.45) is 11.8 Å². The lowest BCUT2D eigenvalue weighted by Crippen LogP contribution is -2.24. The van der Waals surface area contributed by atoms with Crippen LogP contribution in [0.5, 0.6) is 0 Å². The number of ether oxygens (including phenoxy) is 1. The standard InChI is InChI=1S/C19H30O/c1-13(2)10-16-12-18(16)20-19(5,6)17-9-7-8-15(11-17)14(3)4/h7-9,11,13-14,16,18H,10,12H2,1-6H3. The van der Waals surface area contributed by atoms with Gasteiger partial charge in [0.05, 0.1) is 11.7 Å². The lowest BCUT2D eigenvalue weighted by Gasteiger charge is -2.27. The van der Waals surface area contributed by atoms with Gasteiger partial charge in [0.25, 0.3) is 0 Å². The van der Waals surface area contributed by atoms with Crippen LogP contribution >= 0.6 is 0 Å². The third kappa shape index (κ3) is 3.85. The van der Waals surface area contributed by atoms with E-state index < -0.39 is 0 Å². The van der Waals surface area contributed by atoms with Crippen LogP contribution in [0.4, 0.5) is 0 Å². The van der Waals surface area contributed by atoms with E-state index in [9.17, 15) is 0 Å². The van der Waals surface area contributed by atoms with Crippen molar-refractivity contribution in [3.8, 4) is 0 Å². The maximum atomic E-state index is 6.38. The molecule has 1 aromatic carbocycles. The number of rotatable bonds is 6. The van der Waals surface area contributed by atoms with Gasteiger partial charge in [0, 0.05) is 0 Å². The Bertz CT molecular complexity index is 445. The van der Waals surface area contributed by atoms with Gasteiger partial charge in [0.15, 0.2) is 0 Å². The zero-order valence-electron chi connectivity index (χ0n) is 13.9. The predicted molar refractivity (Wildman–Crippen MR) is 86.0 cm³/mol. The summed E-state index contributed by atoms with van der Waals surface area (Å²) in [5, 5.41) is 0. The molecule has 1 aliphatic rings. The van der Waals surface area contributed by atoms with Crippen molar-refractivity contribution in [3.63, 3.8) is 0 Å². The van der Waals surface area contributed by atoms with Gasteiger partial charge in [-0.25, -0.2) is 0 Å². The summed E-state index contributed by atoms with van der Waals surface area (Å²) in [6.45, 7) is 13.5. The van der Waals surface area contributed by atoms with Crippen LogP contribution in [0.2, 0.25) is 0 Å². The first-order valence-corrected chi connectivity index (χ1v) is 8.08. The van der Waals surface area contributed by atoms with E-state index in [0.717, 1.165) is 11.8 Å². The summed E-state index contributed by atoms with van der Waals surface area (Å²) < 4.78 is 6.38. The Balaban J connectivity index is 2.02. The number of hydrogen-bond donors (Lipinski definition) is 0. The molecule has 0 bridgehead atoms. The Morgan fingerprint density at radius 1 is 1.20 bits per heavy atom. The zero-order chi connectivity index (χ0) is 14.9. The molecule has 0 N–H and O–H groups in total. The molecule has 0 aliphatic heterocycles. The van der Waals surface area contributed by atoms with Crippen LogP contribution in [-0.2, 0) is 10.3 Å². The van der Waals surface area contributed by atoms with E-state index in [1.165, 1.54) is 24.0 Å². The molecular weight excluding hydrogens is 244 g/mol. The van der Waals surface area contributed by atoms with Gasteiger partial charge < -0.3 is 4.74 Å². The summed E-state index contributed by atoms with van der Waals surface area (Å²) in [5.74, 6) is 2.13. The van der Waals surface area contributed by atoms with E-state index >= 15 is 0 Å². The van der Waals surface area contributed by atoms with Gasteiger partial charge >= 0.3 is 0 Å². The van der Waals surface area contributed by atoms with E-state index in [1.807, 2.05) is 0 Å². The third-order valence-corrected chi connectivity index (χ3v) is 4.33. The fraction of sp³-hybridized carbons (Fsp3) is 0.684. The van der Waals surface area contributed by atoms with E-state index in [-0.39, 0.29) is 5.60 Å². The maximum absolute atomic E-state index is 6.38. The van der Waals surface area contributed by atoms with Gasteiger partial charge in [-0.3, -0.25) is 0 Å². The molecule has 2 rings (SSSR count). The molecule has 0 amide bonds. The van der Waals surface area contributed by atoms with Gasteiger partial charge in [-0.2, -0.15) is 0 Å². The molecule has 1 aromatic rings. The minimum atomic E-state index is -0.179. The first kappa shape index (κ1) is 15.6. The summed E-state index contributed by atoms with van der Waals surface area (Å²) in [7, 11) is 0. The predicted octanol–water partition coefficient (Wildman–Crippen LogP) is 5.50. The van der Waals surface area contributed by atoms with Gasteiger partial charge in [0.2, 0.25) is 0 Å². The Labute approximate surface area is 124 Å². The highest BCUT2D eigenvalue weighted by molar-refractivity contribution is 5.29. The molecule has 0 saturated heterocycles. The Morgan fingerprint density at radius 3 is 2.50 bits per heavy atom. The fourth-order valence-electron chi connectivity index (χ4n) is 2.94. The van der Waals surface area contributed by atoms with Crippen molar-refractivity contribution in [2.75, 3.05) is 0 Å². The quantitative estimate of drug-likeness (QED) is 0.666. The Hall–Kier alpha value is -0.820. The van der Waals surface area contributed by atoms with Crippen LogP contribution in [0.3, 0.4) is 0 Å². The van der Waals surface area contributed by atoms with Crippen molar-refractivity contribution in [2.45, 2.75) is 72.0 Å². The van der Waals surface area contributed by atoms with Crippen molar-refractivity contribution in [3.05, 3.63) is 35.4 Å². The average Bonchev–Trinajstić information content (AvgIpc) is 3.05. The molecule has 0 aromatic heterocycles. The molecule has 1 nitrogen and oxygen atoms in total. The van der Waals surface area contributed by atoms with Crippen LogP contribution in [0.25, 0.3) is 0 Å². The maximum Gasteiger partial charge on any atom is 0.0879 e. The van der Waals surface area contributed by atoms with E-state index in [4.69, 9.17) is 4.74 Å². The molecule has 0 radical (unpaired) electrons. The van der Waals surface area contributed by atoms with Crippen LogP contribution in [0.1, 0.15) is 71.4 Å². The summed E-state index contributed by atoms with van der Waals surface area (Å²) in [6.07, 6.45) is 3.01. The van der Waals surface area contributed by atoms with Crippen LogP contribution in [-0.4, -0.2) is 6.10 Å². The van der Waals surface area contributed by atoms with Crippen LogP contribution in [0.15, 0.2) is 24.3 Å². The molecule has 1 saturated carbocycles. The van der Waals surface area contributed by atoms with Gasteiger partial charge in [-0.1, -0.05) is 52.0 Å². The molecule has 0 spiro atoms. The van der Waals surface area contributed by atoms with E-state index in [0.29, 0.717) is 12.0 Å². The lowest BCUT2D eigenvalue weighted by molar-refractivity contribution is -0.0410. The Morgan fingerprint density at radius 2 is 1.90 bits per heavy atom. The fourth-order valence-corrected chi connectivity index (χ4v) is 2.94. The Kier molecular flexibility index (Phi) is 4.59.